The van der Waals surface area contributed by atoms with E-state index in [9.17, 15) is 17.3 Å². The summed E-state index contributed by atoms with van der Waals surface area (Å²) in [7, 11) is -6.00. The van der Waals surface area contributed by atoms with Gasteiger partial charge in [-0.2, -0.15) is 0 Å². The van der Waals surface area contributed by atoms with Crippen LogP contribution < -0.4 is 21.2 Å². The molecule has 0 radical (unpaired) electrons. The van der Waals surface area contributed by atoms with Crippen molar-refractivity contribution < 1.29 is 38.5 Å². The Bertz CT molecular complexity index is 409. The third kappa shape index (κ3) is 7.99. The van der Waals surface area contributed by atoms with E-state index in [1.807, 2.05) is 36.7 Å². The second kappa shape index (κ2) is 7.29. The lowest BCUT2D eigenvalue weighted by atomic mass is 10.3. The Balaban J connectivity index is 0.000000280. The normalized spacial score (nSPS) is 10.4. The fraction of sp³-hybridized carbons (Fsp3) is 0. The first-order valence-corrected chi connectivity index (χ1v) is 6.95. The SMILES string of the molecule is F[B-](F)(F)F.c1ccc([I+]c2ccccn2)nc1. The quantitative estimate of drug-likeness (QED) is 0.320. The van der Waals surface area contributed by atoms with Gasteiger partial charge in [-0.15, -0.1) is 0 Å². The van der Waals surface area contributed by atoms with E-state index in [-0.39, 0.29) is 21.2 Å². The van der Waals surface area contributed by atoms with Crippen LogP contribution in [0.5, 0.6) is 0 Å². The van der Waals surface area contributed by atoms with E-state index in [4.69, 9.17) is 0 Å². The van der Waals surface area contributed by atoms with Gasteiger partial charge in [0.15, 0.2) is 0 Å². The van der Waals surface area contributed by atoms with Crippen LogP contribution in [0.3, 0.4) is 0 Å². The molecule has 96 valence electrons. The highest BCUT2D eigenvalue weighted by molar-refractivity contribution is 6.50. The fourth-order valence-corrected chi connectivity index (χ4v) is 2.84. The molecule has 0 unspecified atom stereocenters. The molecule has 2 rings (SSSR count). The standard InChI is InChI=1S/C10H8IN2.BF4/c1-3-7-12-9(5-1)11-10-6-2-4-8-13-10;2-1(3,4)5/h1-8H;/q+1;-1. The van der Waals surface area contributed by atoms with Gasteiger partial charge in [0.05, 0.1) is 0 Å². The number of rotatable bonds is 2. The molecule has 0 aliphatic rings. The summed E-state index contributed by atoms with van der Waals surface area (Å²) in [6, 6.07) is 12.0. The van der Waals surface area contributed by atoms with Gasteiger partial charge in [0.2, 0.25) is 0 Å². The van der Waals surface area contributed by atoms with Crippen LogP contribution in [-0.4, -0.2) is 17.2 Å². The maximum absolute atomic E-state index is 9.75. The monoisotopic (exact) mass is 370 g/mol. The van der Waals surface area contributed by atoms with Crippen molar-refractivity contribution in [2.75, 3.05) is 0 Å². The van der Waals surface area contributed by atoms with Crippen molar-refractivity contribution in [3.05, 3.63) is 56.2 Å². The minimum Gasteiger partial charge on any atom is -0.418 e. The summed E-state index contributed by atoms with van der Waals surface area (Å²) in [5.41, 5.74) is 0. The van der Waals surface area contributed by atoms with Crippen LogP contribution in [0.4, 0.5) is 17.3 Å². The Morgan fingerprint density at radius 2 is 1.17 bits per heavy atom. The zero-order valence-corrected chi connectivity index (χ0v) is 11.1. The van der Waals surface area contributed by atoms with Crippen molar-refractivity contribution in [1.82, 2.24) is 9.97 Å². The molecule has 0 bridgehead atoms. The van der Waals surface area contributed by atoms with Gasteiger partial charge >= 0.3 is 28.5 Å². The lowest BCUT2D eigenvalue weighted by Crippen LogP contribution is -3.62. The Hall–Kier alpha value is -1.19. The third-order valence-corrected chi connectivity index (χ3v) is 3.83. The van der Waals surface area contributed by atoms with Crippen molar-refractivity contribution in [2.45, 2.75) is 0 Å². The van der Waals surface area contributed by atoms with Gasteiger partial charge in [0.25, 0.3) is 7.40 Å². The molecule has 0 aromatic carbocycles. The van der Waals surface area contributed by atoms with E-state index in [1.165, 1.54) is 7.40 Å². The van der Waals surface area contributed by atoms with E-state index in [2.05, 4.69) is 22.1 Å². The summed E-state index contributed by atoms with van der Waals surface area (Å²) >= 11 is -0.194. The molecule has 0 fully saturated rings. The summed E-state index contributed by atoms with van der Waals surface area (Å²) in [4.78, 5) is 8.57. The molecule has 0 amide bonds. The first kappa shape index (κ1) is 14.9. The summed E-state index contributed by atoms with van der Waals surface area (Å²) in [5.74, 6) is 0. The number of nitrogens with zero attached hydrogens (tertiary/aromatic N) is 2. The van der Waals surface area contributed by atoms with E-state index in [0.29, 0.717) is 0 Å². The topological polar surface area (TPSA) is 25.8 Å². The average molecular weight is 370 g/mol. The molecule has 0 aliphatic heterocycles. The number of aromatic nitrogens is 2. The van der Waals surface area contributed by atoms with Crippen LogP contribution >= 0.6 is 0 Å². The molecule has 0 atom stereocenters. The maximum atomic E-state index is 9.75. The van der Waals surface area contributed by atoms with Gasteiger partial charge in [-0.3, -0.25) is 0 Å². The lowest BCUT2D eigenvalue weighted by molar-refractivity contribution is -0.609. The van der Waals surface area contributed by atoms with Gasteiger partial charge in [-0.1, -0.05) is 12.1 Å². The molecule has 0 saturated carbocycles. The van der Waals surface area contributed by atoms with Gasteiger partial charge in [0.1, 0.15) is 0 Å². The van der Waals surface area contributed by atoms with Crippen LogP contribution in [-0.2, 0) is 0 Å². The van der Waals surface area contributed by atoms with Gasteiger partial charge in [-0.05, 0) is 12.1 Å². The van der Waals surface area contributed by atoms with Gasteiger partial charge in [-0.25, -0.2) is 9.97 Å². The Kier molecular flexibility index (Phi) is 6.03. The zero-order chi connectivity index (χ0) is 13.4. The highest BCUT2D eigenvalue weighted by Crippen LogP contribution is 2.06. The van der Waals surface area contributed by atoms with Gasteiger partial charge < -0.3 is 17.3 Å². The lowest BCUT2D eigenvalue weighted by Gasteiger charge is -1.94. The first-order valence-electron chi connectivity index (χ1n) is 4.79. The highest BCUT2D eigenvalue weighted by atomic mass is 127. The molecule has 2 aromatic heterocycles. The predicted molar refractivity (Wildman–Crippen MR) is 56.1 cm³/mol. The molecule has 0 N–H and O–H groups in total. The first-order chi connectivity index (χ1) is 8.45. The van der Waals surface area contributed by atoms with Crippen molar-refractivity contribution in [3.63, 3.8) is 0 Å². The van der Waals surface area contributed by atoms with Crippen LogP contribution in [0, 0.1) is 7.40 Å². The average Bonchev–Trinajstić information content (AvgIpc) is 2.29. The smallest absolute Gasteiger partial charge is 0.418 e. The van der Waals surface area contributed by atoms with Crippen molar-refractivity contribution >= 4 is 7.25 Å². The molecule has 8 heteroatoms. The summed E-state index contributed by atoms with van der Waals surface area (Å²) in [6.45, 7) is 0. The maximum Gasteiger partial charge on any atom is 0.673 e. The molecule has 0 aliphatic carbocycles. The van der Waals surface area contributed by atoms with Crippen LogP contribution in [0.15, 0.2) is 48.8 Å². The van der Waals surface area contributed by atoms with Crippen molar-refractivity contribution in [1.29, 1.82) is 0 Å². The molecule has 2 heterocycles. The third-order valence-electron chi connectivity index (χ3n) is 1.45. The fourth-order valence-electron chi connectivity index (χ4n) is 0.895. The minimum absolute atomic E-state index is 0.194. The largest absolute Gasteiger partial charge is 0.673 e. The molecule has 0 saturated heterocycles. The minimum atomic E-state index is -6.00. The molecule has 2 nitrogen and oxygen atoms in total. The van der Waals surface area contributed by atoms with Gasteiger partial charge in [0, 0.05) is 24.5 Å². The Labute approximate surface area is 112 Å². The Morgan fingerprint density at radius 1 is 0.778 bits per heavy atom. The van der Waals surface area contributed by atoms with E-state index >= 15 is 0 Å². The molecular weight excluding hydrogens is 362 g/mol. The molecule has 2 aromatic rings. The molecule has 18 heavy (non-hydrogen) atoms. The van der Waals surface area contributed by atoms with Crippen LogP contribution in [0.2, 0.25) is 0 Å². The summed E-state index contributed by atoms with van der Waals surface area (Å²) < 4.78 is 41.3. The number of halogens is 5. The molecular formula is C10H8BF4IN2. The Morgan fingerprint density at radius 3 is 1.44 bits per heavy atom. The summed E-state index contributed by atoms with van der Waals surface area (Å²) in [5, 5.41) is 0. The predicted octanol–water partition coefficient (Wildman–Crippen LogP) is -0.0950. The molecule has 0 spiro atoms. The van der Waals surface area contributed by atoms with E-state index in [1.54, 1.807) is 0 Å². The van der Waals surface area contributed by atoms with E-state index in [0.717, 1.165) is 0 Å². The number of pyridine rings is 2. The van der Waals surface area contributed by atoms with Crippen LogP contribution in [0.1, 0.15) is 0 Å². The second-order valence-electron chi connectivity index (χ2n) is 2.89. The van der Waals surface area contributed by atoms with Crippen LogP contribution in [0.25, 0.3) is 0 Å². The van der Waals surface area contributed by atoms with Crippen molar-refractivity contribution in [2.24, 2.45) is 0 Å². The zero-order valence-electron chi connectivity index (χ0n) is 8.98. The van der Waals surface area contributed by atoms with Crippen molar-refractivity contribution in [3.8, 4) is 0 Å². The highest BCUT2D eigenvalue weighted by Gasteiger charge is 2.20. The number of hydrogen-bond acceptors (Lipinski definition) is 2. The number of hydrogen-bond donors (Lipinski definition) is 0. The van der Waals surface area contributed by atoms with E-state index < -0.39 is 7.25 Å². The summed E-state index contributed by atoms with van der Waals surface area (Å²) in [6.07, 6.45) is 3.66. The second-order valence-corrected chi connectivity index (χ2v) is 5.64.